The van der Waals surface area contributed by atoms with Crippen LogP contribution in [0.1, 0.15) is 16.2 Å². The van der Waals surface area contributed by atoms with Crippen molar-refractivity contribution in [3.63, 3.8) is 0 Å². The van der Waals surface area contributed by atoms with Crippen molar-refractivity contribution in [2.45, 2.75) is 12.7 Å². The summed E-state index contributed by atoms with van der Waals surface area (Å²) in [4.78, 5) is 10.2. The maximum Gasteiger partial charge on any atom is 0.435 e. The summed E-state index contributed by atoms with van der Waals surface area (Å²) in [6.07, 6.45) is -3.38. The van der Waals surface area contributed by atoms with Crippen molar-refractivity contribution in [1.82, 2.24) is 15.0 Å². The molecule has 4 nitrogen and oxygen atoms in total. The molecule has 0 unspecified atom stereocenters. The quantitative estimate of drug-likeness (QED) is 0.551. The van der Waals surface area contributed by atoms with E-state index in [0.29, 0.717) is 4.68 Å². The summed E-state index contributed by atoms with van der Waals surface area (Å²) in [6, 6.07) is 0. The summed E-state index contributed by atoms with van der Waals surface area (Å²) in [6.45, 7) is 3.13. The summed E-state index contributed by atoms with van der Waals surface area (Å²) in [5, 5.41) is 6.28. The molecule has 1 aromatic rings. The fourth-order valence-corrected chi connectivity index (χ4v) is 0.948. The van der Waals surface area contributed by atoms with Crippen LogP contribution in [0.4, 0.5) is 13.2 Å². The van der Waals surface area contributed by atoms with E-state index in [-0.39, 0.29) is 12.8 Å². The number of nitrogens with zero attached hydrogens (tertiary/aromatic N) is 3. The van der Waals surface area contributed by atoms with Crippen LogP contribution in [-0.2, 0) is 12.7 Å². The molecule has 0 aliphatic rings. The van der Waals surface area contributed by atoms with Gasteiger partial charge in [-0.05, 0) is 0 Å². The molecule has 0 aliphatic carbocycles. The largest absolute Gasteiger partial charge is 0.435 e. The molecule has 1 aromatic heterocycles. The van der Waals surface area contributed by atoms with Gasteiger partial charge in [-0.15, -0.1) is 11.7 Å². The van der Waals surface area contributed by atoms with Gasteiger partial charge in [0.15, 0.2) is 17.7 Å². The molecule has 14 heavy (non-hydrogen) atoms. The second-order valence-electron chi connectivity index (χ2n) is 2.41. The first-order valence-electron chi connectivity index (χ1n) is 3.57. The van der Waals surface area contributed by atoms with Gasteiger partial charge in [-0.25, -0.2) is 4.68 Å². The number of halogens is 3. The minimum absolute atomic E-state index is 0.0232. The van der Waals surface area contributed by atoms with Crippen LogP contribution in [0, 0.1) is 0 Å². The van der Waals surface area contributed by atoms with Crippen molar-refractivity contribution in [3.8, 4) is 0 Å². The molecule has 0 spiro atoms. The highest BCUT2D eigenvalue weighted by atomic mass is 19.4. The Hall–Kier alpha value is -1.66. The minimum atomic E-state index is -4.64. The second-order valence-corrected chi connectivity index (χ2v) is 2.41. The van der Waals surface area contributed by atoms with Crippen molar-refractivity contribution >= 4 is 6.29 Å². The fourth-order valence-electron chi connectivity index (χ4n) is 0.948. The highest BCUT2D eigenvalue weighted by molar-refractivity contribution is 5.73. The maximum absolute atomic E-state index is 12.4. The first-order valence-corrected chi connectivity index (χ1v) is 3.57. The van der Waals surface area contributed by atoms with Crippen molar-refractivity contribution in [3.05, 3.63) is 24.0 Å². The number of alkyl halides is 3. The van der Waals surface area contributed by atoms with Gasteiger partial charge in [-0.1, -0.05) is 11.3 Å². The van der Waals surface area contributed by atoms with Crippen molar-refractivity contribution in [2.75, 3.05) is 0 Å². The molecule has 0 aliphatic heterocycles. The van der Waals surface area contributed by atoms with E-state index in [4.69, 9.17) is 0 Å². The summed E-state index contributed by atoms with van der Waals surface area (Å²) >= 11 is 0. The topological polar surface area (TPSA) is 47.8 Å². The zero-order chi connectivity index (χ0) is 10.8. The Morgan fingerprint density at radius 1 is 1.50 bits per heavy atom. The molecular formula is C7H6F3N3O. The van der Waals surface area contributed by atoms with E-state index in [2.05, 4.69) is 16.9 Å². The van der Waals surface area contributed by atoms with Crippen LogP contribution >= 0.6 is 0 Å². The summed E-state index contributed by atoms with van der Waals surface area (Å²) in [5.41, 5.74) is -1.85. The van der Waals surface area contributed by atoms with Crippen LogP contribution in [0.25, 0.3) is 0 Å². The van der Waals surface area contributed by atoms with Crippen molar-refractivity contribution in [2.24, 2.45) is 0 Å². The zero-order valence-electron chi connectivity index (χ0n) is 6.95. The average Bonchev–Trinajstić information content (AvgIpc) is 2.47. The molecule has 76 valence electrons. The lowest BCUT2D eigenvalue weighted by Gasteiger charge is -2.07. The smallest absolute Gasteiger partial charge is 0.296 e. The van der Waals surface area contributed by atoms with Gasteiger partial charge >= 0.3 is 6.18 Å². The van der Waals surface area contributed by atoms with Gasteiger partial charge in [0, 0.05) is 0 Å². The number of carbonyl (C=O) groups excluding carboxylic acids is 1. The first kappa shape index (κ1) is 10.4. The Bertz CT molecular complexity index is 356. The Morgan fingerprint density at radius 2 is 2.14 bits per heavy atom. The van der Waals surface area contributed by atoms with Gasteiger partial charge in [-0.2, -0.15) is 13.2 Å². The standard InChI is InChI=1S/C7H6F3N3O/c1-2-3-13-6(7(8,9)10)5(4-14)11-12-13/h2,4H,1,3H2. The molecular weight excluding hydrogens is 199 g/mol. The molecule has 7 heteroatoms. The van der Waals surface area contributed by atoms with E-state index < -0.39 is 17.6 Å². The number of carbonyl (C=O) groups is 1. The number of hydrogen-bond acceptors (Lipinski definition) is 3. The molecule has 0 radical (unpaired) electrons. The highest BCUT2D eigenvalue weighted by Crippen LogP contribution is 2.30. The summed E-state index contributed by atoms with van der Waals surface area (Å²) in [5.74, 6) is 0. The van der Waals surface area contributed by atoms with E-state index in [9.17, 15) is 18.0 Å². The Kier molecular flexibility index (Phi) is 2.68. The van der Waals surface area contributed by atoms with Gasteiger partial charge in [0.1, 0.15) is 0 Å². The number of hydrogen-bond donors (Lipinski definition) is 0. The Balaban J connectivity index is 3.25. The molecule has 0 saturated heterocycles. The van der Waals surface area contributed by atoms with E-state index in [1.54, 1.807) is 0 Å². The van der Waals surface area contributed by atoms with E-state index in [0.717, 1.165) is 0 Å². The van der Waals surface area contributed by atoms with E-state index in [1.165, 1.54) is 6.08 Å². The third kappa shape index (κ3) is 1.81. The molecule has 0 bridgehead atoms. The monoisotopic (exact) mass is 205 g/mol. The fraction of sp³-hybridized carbons (Fsp3) is 0.286. The lowest BCUT2D eigenvalue weighted by molar-refractivity contribution is -0.144. The number of allylic oxidation sites excluding steroid dienone is 1. The van der Waals surface area contributed by atoms with E-state index in [1.807, 2.05) is 0 Å². The predicted molar refractivity (Wildman–Crippen MR) is 40.6 cm³/mol. The van der Waals surface area contributed by atoms with Gasteiger partial charge in [0.25, 0.3) is 0 Å². The van der Waals surface area contributed by atoms with Crippen molar-refractivity contribution in [1.29, 1.82) is 0 Å². The van der Waals surface area contributed by atoms with Crippen LogP contribution in [0.3, 0.4) is 0 Å². The molecule has 1 rings (SSSR count). The summed E-state index contributed by atoms with van der Waals surface area (Å²) in [7, 11) is 0. The molecule has 0 amide bonds. The second kappa shape index (κ2) is 3.60. The van der Waals surface area contributed by atoms with Crippen molar-refractivity contribution < 1.29 is 18.0 Å². The van der Waals surface area contributed by atoms with E-state index >= 15 is 0 Å². The van der Waals surface area contributed by atoms with Gasteiger partial charge < -0.3 is 0 Å². The third-order valence-electron chi connectivity index (χ3n) is 1.44. The van der Waals surface area contributed by atoms with Crippen LogP contribution in [0.2, 0.25) is 0 Å². The lowest BCUT2D eigenvalue weighted by Crippen LogP contribution is -2.16. The molecule has 0 fully saturated rings. The highest BCUT2D eigenvalue weighted by Gasteiger charge is 2.38. The Morgan fingerprint density at radius 3 is 2.57 bits per heavy atom. The molecule has 0 N–H and O–H groups in total. The number of aromatic nitrogens is 3. The molecule has 0 atom stereocenters. The average molecular weight is 205 g/mol. The Labute approximate surface area is 77.0 Å². The normalized spacial score (nSPS) is 11.4. The predicted octanol–water partition coefficient (Wildman–Crippen LogP) is 1.30. The molecule has 0 saturated carbocycles. The first-order chi connectivity index (χ1) is 6.50. The summed E-state index contributed by atoms with van der Waals surface area (Å²) < 4.78 is 37.7. The molecule has 0 aromatic carbocycles. The molecule has 1 heterocycles. The lowest BCUT2D eigenvalue weighted by atomic mass is 10.3. The van der Waals surface area contributed by atoms with Gasteiger partial charge in [0.05, 0.1) is 6.54 Å². The van der Waals surface area contributed by atoms with Crippen LogP contribution in [-0.4, -0.2) is 21.3 Å². The van der Waals surface area contributed by atoms with Crippen LogP contribution in [0.15, 0.2) is 12.7 Å². The maximum atomic E-state index is 12.4. The minimum Gasteiger partial charge on any atom is -0.296 e. The van der Waals surface area contributed by atoms with Gasteiger partial charge in [0.2, 0.25) is 0 Å². The zero-order valence-corrected chi connectivity index (χ0v) is 6.95. The van der Waals surface area contributed by atoms with Crippen LogP contribution < -0.4 is 0 Å². The number of rotatable bonds is 3. The third-order valence-corrected chi connectivity index (χ3v) is 1.44. The van der Waals surface area contributed by atoms with Crippen LogP contribution in [0.5, 0.6) is 0 Å². The SMILES string of the molecule is C=CCn1nnc(C=O)c1C(F)(F)F. The van der Waals surface area contributed by atoms with Gasteiger partial charge in [-0.3, -0.25) is 4.79 Å². The number of aldehydes is 1.